The van der Waals surface area contributed by atoms with Gasteiger partial charge in [-0.3, -0.25) is 9.59 Å². The van der Waals surface area contributed by atoms with Crippen molar-refractivity contribution in [2.24, 2.45) is 5.92 Å². The van der Waals surface area contributed by atoms with E-state index in [-0.39, 0.29) is 35.5 Å². The number of amides is 1. The Balaban J connectivity index is 1.28. The van der Waals surface area contributed by atoms with E-state index >= 15 is 0 Å². The third kappa shape index (κ3) is 5.74. The minimum absolute atomic E-state index is 0.139. The Labute approximate surface area is 216 Å². The van der Waals surface area contributed by atoms with E-state index in [4.69, 9.17) is 15.6 Å². The largest absolute Gasteiger partial charge is 0.481 e. The van der Waals surface area contributed by atoms with Crippen molar-refractivity contribution in [3.05, 3.63) is 77.1 Å². The third-order valence-electron chi connectivity index (χ3n) is 7.43. The van der Waals surface area contributed by atoms with Gasteiger partial charge in [0.15, 0.2) is 0 Å². The number of hydrogen-bond acceptors (Lipinski definition) is 6. The van der Waals surface area contributed by atoms with E-state index in [2.05, 4.69) is 34.2 Å². The lowest BCUT2D eigenvalue weighted by molar-refractivity contribution is -0.138. The van der Waals surface area contributed by atoms with Crippen LogP contribution in [0.4, 0.5) is 11.5 Å². The van der Waals surface area contributed by atoms with Gasteiger partial charge >= 0.3 is 5.97 Å². The molecule has 1 aliphatic heterocycles. The molecule has 3 aromatic rings. The van der Waals surface area contributed by atoms with Crippen molar-refractivity contribution in [1.82, 2.24) is 9.97 Å². The molecule has 8 nitrogen and oxygen atoms in total. The van der Waals surface area contributed by atoms with Crippen molar-refractivity contribution in [3.8, 4) is 5.88 Å². The molecule has 2 heterocycles. The van der Waals surface area contributed by atoms with E-state index in [1.54, 1.807) is 4.90 Å². The van der Waals surface area contributed by atoms with Gasteiger partial charge in [-0.15, -0.1) is 0 Å². The molecule has 2 aliphatic rings. The number of benzene rings is 2. The van der Waals surface area contributed by atoms with Crippen molar-refractivity contribution in [2.75, 3.05) is 23.8 Å². The van der Waals surface area contributed by atoms with Crippen LogP contribution in [0, 0.1) is 5.92 Å². The predicted octanol–water partition coefficient (Wildman–Crippen LogP) is 4.63. The molecule has 0 saturated heterocycles. The van der Waals surface area contributed by atoms with Gasteiger partial charge in [-0.05, 0) is 67.2 Å². The van der Waals surface area contributed by atoms with Crippen LogP contribution in [0.1, 0.15) is 65.3 Å². The van der Waals surface area contributed by atoms with Crippen molar-refractivity contribution in [3.63, 3.8) is 0 Å². The number of anilines is 2. The van der Waals surface area contributed by atoms with E-state index < -0.39 is 5.97 Å². The summed E-state index contributed by atoms with van der Waals surface area (Å²) in [4.78, 5) is 35.1. The Morgan fingerprint density at radius 1 is 1.00 bits per heavy atom. The van der Waals surface area contributed by atoms with Crippen LogP contribution in [0.5, 0.6) is 5.88 Å². The van der Waals surface area contributed by atoms with Gasteiger partial charge in [0.2, 0.25) is 5.88 Å². The number of carboxylic acids is 1. The summed E-state index contributed by atoms with van der Waals surface area (Å²) >= 11 is 0. The number of ether oxygens (including phenoxy) is 1. The normalized spacial score (nSPS) is 19.6. The fourth-order valence-corrected chi connectivity index (χ4v) is 5.41. The second-order valence-electron chi connectivity index (χ2n) is 9.90. The molecule has 0 radical (unpaired) electrons. The van der Waals surface area contributed by atoms with Gasteiger partial charge in [0.25, 0.3) is 5.91 Å². The minimum atomic E-state index is -0.713. The highest BCUT2D eigenvalue weighted by molar-refractivity contribution is 6.10. The first-order chi connectivity index (χ1) is 18.0. The highest BCUT2D eigenvalue weighted by Gasteiger charge is 2.30. The van der Waals surface area contributed by atoms with E-state index in [0.29, 0.717) is 31.3 Å². The quantitative estimate of drug-likeness (QED) is 0.485. The molecular formula is C29H32N4O4. The molecule has 1 aromatic heterocycles. The molecule has 0 spiro atoms. The maximum absolute atomic E-state index is 13.5. The van der Waals surface area contributed by atoms with Crippen molar-refractivity contribution >= 4 is 23.4 Å². The first-order valence-electron chi connectivity index (χ1n) is 12.9. The maximum atomic E-state index is 13.5. The number of aryl methyl sites for hydroxylation is 2. The fourth-order valence-electron chi connectivity index (χ4n) is 5.41. The van der Waals surface area contributed by atoms with Gasteiger partial charge in [0.05, 0.1) is 6.54 Å². The highest BCUT2D eigenvalue weighted by atomic mass is 16.5. The van der Waals surface area contributed by atoms with E-state index in [1.165, 1.54) is 11.1 Å². The lowest BCUT2D eigenvalue weighted by atomic mass is 9.77. The number of aliphatic carboxylic acids is 1. The van der Waals surface area contributed by atoms with Crippen LogP contribution in [0.2, 0.25) is 0 Å². The topological polar surface area (TPSA) is 119 Å². The zero-order valence-electron chi connectivity index (χ0n) is 20.8. The molecule has 1 amide bonds. The molecule has 8 heteroatoms. The summed E-state index contributed by atoms with van der Waals surface area (Å²) in [5.41, 5.74) is 9.65. The highest BCUT2D eigenvalue weighted by Crippen LogP contribution is 2.38. The van der Waals surface area contributed by atoms with Crippen LogP contribution >= 0.6 is 0 Å². The number of hydrogen-bond donors (Lipinski definition) is 2. The average Bonchev–Trinajstić information content (AvgIpc) is 3.07. The number of aromatic nitrogens is 2. The SMILES string of the molecule is Nc1nc(CCc2ccccc2)nc2c1C(=O)N(c1ccc(C3CCC(CC(=O)O)CC3)cc1)CCO2. The van der Waals surface area contributed by atoms with E-state index in [9.17, 15) is 9.59 Å². The Kier molecular flexibility index (Phi) is 7.35. The van der Waals surface area contributed by atoms with Gasteiger partial charge in [0.1, 0.15) is 23.8 Å². The molecule has 2 aromatic carbocycles. The van der Waals surface area contributed by atoms with Crippen molar-refractivity contribution < 1.29 is 19.4 Å². The van der Waals surface area contributed by atoms with Gasteiger partial charge in [-0.1, -0.05) is 42.5 Å². The van der Waals surface area contributed by atoms with Gasteiger partial charge < -0.3 is 20.5 Å². The van der Waals surface area contributed by atoms with Gasteiger partial charge in [0, 0.05) is 18.5 Å². The molecule has 0 atom stereocenters. The molecule has 1 saturated carbocycles. The molecule has 5 rings (SSSR count). The zero-order chi connectivity index (χ0) is 25.8. The Hall–Kier alpha value is -3.94. The van der Waals surface area contributed by atoms with E-state index in [0.717, 1.165) is 37.8 Å². The number of fused-ring (bicyclic) bond motifs is 1. The van der Waals surface area contributed by atoms with E-state index in [1.807, 2.05) is 30.3 Å². The van der Waals surface area contributed by atoms with Crippen LogP contribution in [0.25, 0.3) is 0 Å². The molecule has 1 aliphatic carbocycles. The minimum Gasteiger partial charge on any atom is -0.481 e. The smallest absolute Gasteiger partial charge is 0.303 e. The second-order valence-corrected chi connectivity index (χ2v) is 9.90. The summed E-state index contributed by atoms with van der Waals surface area (Å²) in [6.07, 6.45) is 5.47. The van der Waals surface area contributed by atoms with Gasteiger partial charge in [-0.2, -0.15) is 4.98 Å². The van der Waals surface area contributed by atoms with Crippen LogP contribution in [0.15, 0.2) is 54.6 Å². The first kappa shape index (κ1) is 24.7. The van der Waals surface area contributed by atoms with Crippen LogP contribution in [-0.4, -0.2) is 40.1 Å². The summed E-state index contributed by atoms with van der Waals surface area (Å²) in [7, 11) is 0. The lowest BCUT2D eigenvalue weighted by Gasteiger charge is -2.28. The number of carbonyl (C=O) groups excluding carboxylic acids is 1. The van der Waals surface area contributed by atoms with Crippen LogP contribution < -0.4 is 15.4 Å². The molecule has 0 bridgehead atoms. The predicted molar refractivity (Wildman–Crippen MR) is 141 cm³/mol. The molecular weight excluding hydrogens is 468 g/mol. The molecule has 1 fully saturated rings. The number of carbonyl (C=O) groups is 2. The molecule has 192 valence electrons. The second kappa shape index (κ2) is 11.0. The lowest BCUT2D eigenvalue weighted by Crippen LogP contribution is -2.32. The zero-order valence-corrected chi connectivity index (χ0v) is 20.8. The van der Waals surface area contributed by atoms with Crippen LogP contribution in [-0.2, 0) is 17.6 Å². The van der Waals surface area contributed by atoms with Crippen molar-refractivity contribution in [2.45, 2.75) is 50.9 Å². The first-order valence-corrected chi connectivity index (χ1v) is 12.9. The number of carboxylic acid groups (broad SMARTS) is 1. The van der Waals surface area contributed by atoms with Crippen LogP contribution in [0.3, 0.4) is 0 Å². The Bertz CT molecular complexity index is 1250. The molecule has 0 unspecified atom stereocenters. The molecule has 3 N–H and O–H groups in total. The maximum Gasteiger partial charge on any atom is 0.303 e. The van der Waals surface area contributed by atoms with Crippen molar-refractivity contribution in [1.29, 1.82) is 0 Å². The standard InChI is InChI=1S/C29H32N4O4/c30-27-26-28(32-24(31-27)15-8-19-4-2-1-3-5-19)37-17-16-33(29(26)36)23-13-11-22(12-14-23)21-9-6-20(7-10-21)18-25(34)35/h1-5,11-14,20-21H,6-10,15-18H2,(H,34,35)(H2,30,31,32). The average molecular weight is 501 g/mol. The summed E-state index contributed by atoms with van der Waals surface area (Å²) in [6, 6.07) is 18.2. The number of rotatable bonds is 7. The third-order valence-corrected chi connectivity index (χ3v) is 7.43. The van der Waals surface area contributed by atoms with Gasteiger partial charge in [-0.25, -0.2) is 4.98 Å². The number of nitrogens with two attached hydrogens (primary N) is 1. The monoisotopic (exact) mass is 500 g/mol. The number of nitrogen functional groups attached to an aromatic ring is 1. The number of nitrogens with zero attached hydrogens (tertiary/aromatic N) is 3. The Morgan fingerprint density at radius 2 is 1.73 bits per heavy atom. The summed E-state index contributed by atoms with van der Waals surface area (Å²) in [6.45, 7) is 0.691. The molecule has 37 heavy (non-hydrogen) atoms. The summed E-state index contributed by atoms with van der Waals surface area (Å²) in [5, 5.41) is 9.05. The summed E-state index contributed by atoms with van der Waals surface area (Å²) in [5.74, 6) is 0.661. The summed E-state index contributed by atoms with van der Waals surface area (Å²) < 4.78 is 5.87. The Morgan fingerprint density at radius 3 is 2.43 bits per heavy atom. The fraction of sp³-hybridized carbons (Fsp3) is 0.379.